The SMILES string of the molecule is O=C(O)c1cc(N2CCCC2)c2oc3ccccc3c2c1. The van der Waals surface area contributed by atoms with Gasteiger partial charge in [-0.1, -0.05) is 18.2 Å². The molecule has 1 aromatic heterocycles. The number of hydrogen-bond donors (Lipinski definition) is 1. The van der Waals surface area contributed by atoms with Crippen molar-refractivity contribution in [2.45, 2.75) is 12.8 Å². The van der Waals surface area contributed by atoms with Gasteiger partial charge in [0.25, 0.3) is 0 Å². The van der Waals surface area contributed by atoms with E-state index >= 15 is 0 Å². The lowest BCUT2D eigenvalue weighted by atomic mass is 10.1. The smallest absolute Gasteiger partial charge is 0.335 e. The van der Waals surface area contributed by atoms with Crippen LogP contribution in [0.5, 0.6) is 0 Å². The molecule has 1 fully saturated rings. The summed E-state index contributed by atoms with van der Waals surface area (Å²) < 4.78 is 6.00. The Labute approximate surface area is 121 Å². The van der Waals surface area contributed by atoms with Crippen molar-refractivity contribution in [3.05, 3.63) is 42.0 Å². The third-order valence-electron chi connectivity index (χ3n) is 4.15. The second-order valence-corrected chi connectivity index (χ2v) is 5.47. The highest BCUT2D eigenvalue weighted by Gasteiger charge is 2.21. The van der Waals surface area contributed by atoms with E-state index in [4.69, 9.17) is 4.42 Å². The first-order chi connectivity index (χ1) is 10.2. The van der Waals surface area contributed by atoms with Gasteiger partial charge in [0.15, 0.2) is 5.58 Å². The number of rotatable bonds is 2. The van der Waals surface area contributed by atoms with Crippen molar-refractivity contribution in [3.63, 3.8) is 0 Å². The van der Waals surface area contributed by atoms with E-state index in [1.165, 1.54) is 0 Å². The van der Waals surface area contributed by atoms with Gasteiger partial charge in [-0.15, -0.1) is 0 Å². The topological polar surface area (TPSA) is 53.7 Å². The molecular formula is C17H15NO3. The van der Waals surface area contributed by atoms with Crippen molar-refractivity contribution >= 4 is 33.6 Å². The molecule has 0 atom stereocenters. The maximum Gasteiger partial charge on any atom is 0.335 e. The maximum atomic E-state index is 11.4. The maximum absolute atomic E-state index is 11.4. The normalized spacial score (nSPS) is 15.1. The number of hydrogen-bond acceptors (Lipinski definition) is 3. The number of aromatic carboxylic acids is 1. The number of nitrogens with zero attached hydrogens (tertiary/aromatic N) is 1. The average Bonchev–Trinajstić information content (AvgIpc) is 3.13. The highest BCUT2D eigenvalue weighted by molar-refractivity contribution is 6.11. The van der Waals surface area contributed by atoms with E-state index in [0.29, 0.717) is 5.56 Å². The molecule has 0 bridgehead atoms. The number of carbonyl (C=O) groups is 1. The zero-order chi connectivity index (χ0) is 14.4. The molecule has 106 valence electrons. The van der Waals surface area contributed by atoms with Crippen LogP contribution in [0.15, 0.2) is 40.8 Å². The summed E-state index contributed by atoms with van der Waals surface area (Å²) in [5.74, 6) is -0.900. The zero-order valence-corrected chi connectivity index (χ0v) is 11.5. The largest absolute Gasteiger partial charge is 0.478 e. The first kappa shape index (κ1) is 12.3. The monoisotopic (exact) mass is 281 g/mol. The van der Waals surface area contributed by atoms with Crippen LogP contribution in [0.25, 0.3) is 21.9 Å². The van der Waals surface area contributed by atoms with E-state index < -0.39 is 5.97 Å². The van der Waals surface area contributed by atoms with Gasteiger partial charge in [-0.3, -0.25) is 0 Å². The Kier molecular flexibility index (Phi) is 2.64. The molecule has 2 aromatic carbocycles. The van der Waals surface area contributed by atoms with E-state index in [2.05, 4.69) is 4.90 Å². The molecule has 3 aromatic rings. The lowest BCUT2D eigenvalue weighted by molar-refractivity contribution is 0.0697. The highest BCUT2D eigenvalue weighted by atomic mass is 16.4. The minimum absolute atomic E-state index is 0.316. The standard InChI is InChI=1S/C17H15NO3/c19-17(20)11-9-13-12-5-1-2-6-15(12)21-16(13)14(10-11)18-7-3-4-8-18/h1-2,5-6,9-10H,3-4,7-8H2,(H,19,20). The van der Waals surface area contributed by atoms with E-state index in [1.54, 1.807) is 12.1 Å². The van der Waals surface area contributed by atoms with E-state index in [1.807, 2.05) is 24.3 Å². The first-order valence-corrected chi connectivity index (χ1v) is 7.17. The van der Waals surface area contributed by atoms with Crippen LogP contribution < -0.4 is 4.90 Å². The van der Waals surface area contributed by atoms with Crippen molar-refractivity contribution in [3.8, 4) is 0 Å². The second kappa shape index (κ2) is 4.52. The van der Waals surface area contributed by atoms with Crippen LogP contribution in [0.3, 0.4) is 0 Å². The van der Waals surface area contributed by atoms with Crippen LogP contribution in [0.2, 0.25) is 0 Å². The number of furan rings is 1. The fourth-order valence-corrected chi connectivity index (χ4v) is 3.13. The molecule has 0 aliphatic carbocycles. The number of carboxylic acids is 1. The van der Waals surface area contributed by atoms with Crippen molar-refractivity contribution in [1.29, 1.82) is 0 Å². The molecule has 1 aliphatic rings. The Morgan fingerprint density at radius 2 is 1.86 bits per heavy atom. The summed E-state index contributed by atoms with van der Waals surface area (Å²) >= 11 is 0. The summed E-state index contributed by atoms with van der Waals surface area (Å²) in [6.45, 7) is 1.91. The molecule has 4 nitrogen and oxygen atoms in total. The van der Waals surface area contributed by atoms with Gasteiger partial charge in [-0.25, -0.2) is 4.79 Å². The quantitative estimate of drug-likeness (QED) is 0.774. The third-order valence-corrected chi connectivity index (χ3v) is 4.15. The van der Waals surface area contributed by atoms with Gasteiger partial charge in [-0.2, -0.15) is 0 Å². The molecule has 1 aliphatic heterocycles. The fraction of sp³-hybridized carbons (Fsp3) is 0.235. The minimum atomic E-state index is -0.900. The van der Waals surface area contributed by atoms with Crippen LogP contribution in [-0.4, -0.2) is 24.2 Å². The summed E-state index contributed by atoms with van der Waals surface area (Å²) in [5, 5.41) is 11.2. The first-order valence-electron chi connectivity index (χ1n) is 7.17. The highest BCUT2D eigenvalue weighted by Crippen LogP contribution is 2.37. The summed E-state index contributed by atoms with van der Waals surface area (Å²) in [6, 6.07) is 11.2. The molecule has 1 N–H and O–H groups in total. The summed E-state index contributed by atoms with van der Waals surface area (Å²) in [6.07, 6.45) is 2.28. The molecule has 21 heavy (non-hydrogen) atoms. The van der Waals surface area contributed by atoms with Crippen LogP contribution in [0.4, 0.5) is 5.69 Å². The molecule has 0 spiro atoms. The number of anilines is 1. The van der Waals surface area contributed by atoms with Gasteiger partial charge in [0.1, 0.15) is 5.58 Å². The van der Waals surface area contributed by atoms with Crippen LogP contribution in [0, 0.1) is 0 Å². The minimum Gasteiger partial charge on any atom is -0.478 e. The van der Waals surface area contributed by atoms with Crippen molar-refractivity contribution in [1.82, 2.24) is 0 Å². The third kappa shape index (κ3) is 1.87. The molecular weight excluding hydrogens is 266 g/mol. The van der Waals surface area contributed by atoms with Crippen molar-refractivity contribution in [2.24, 2.45) is 0 Å². The zero-order valence-electron chi connectivity index (χ0n) is 11.5. The van der Waals surface area contributed by atoms with Gasteiger partial charge in [0.05, 0.1) is 11.3 Å². The van der Waals surface area contributed by atoms with Gasteiger partial charge in [0.2, 0.25) is 0 Å². The summed E-state index contributed by atoms with van der Waals surface area (Å²) in [4.78, 5) is 13.6. The predicted octanol–water partition coefficient (Wildman–Crippen LogP) is 3.88. The molecule has 0 amide bonds. The lowest BCUT2D eigenvalue weighted by Gasteiger charge is -2.18. The fourth-order valence-electron chi connectivity index (χ4n) is 3.13. The average molecular weight is 281 g/mol. The Bertz CT molecular complexity index is 844. The number of carboxylic acid groups (broad SMARTS) is 1. The molecule has 4 heteroatoms. The predicted molar refractivity (Wildman–Crippen MR) is 82.1 cm³/mol. The Balaban J connectivity index is 2.07. The van der Waals surface area contributed by atoms with E-state index in [-0.39, 0.29) is 0 Å². The number of para-hydroxylation sites is 1. The lowest BCUT2D eigenvalue weighted by Crippen LogP contribution is -2.18. The summed E-state index contributed by atoms with van der Waals surface area (Å²) in [5.41, 5.74) is 2.81. The van der Waals surface area contributed by atoms with Gasteiger partial charge < -0.3 is 14.4 Å². The number of fused-ring (bicyclic) bond motifs is 3. The Hall–Kier alpha value is -2.49. The van der Waals surface area contributed by atoms with E-state index in [0.717, 1.165) is 53.6 Å². The van der Waals surface area contributed by atoms with Gasteiger partial charge in [0, 0.05) is 23.9 Å². The molecule has 4 rings (SSSR count). The summed E-state index contributed by atoms with van der Waals surface area (Å²) in [7, 11) is 0. The molecule has 2 heterocycles. The van der Waals surface area contributed by atoms with Crippen LogP contribution in [-0.2, 0) is 0 Å². The second-order valence-electron chi connectivity index (χ2n) is 5.47. The number of benzene rings is 2. The Morgan fingerprint density at radius 3 is 2.62 bits per heavy atom. The van der Waals surface area contributed by atoms with Crippen molar-refractivity contribution < 1.29 is 14.3 Å². The van der Waals surface area contributed by atoms with Crippen LogP contribution >= 0.6 is 0 Å². The Morgan fingerprint density at radius 1 is 1.10 bits per heavy atom. The molecule has 0 radical (unpaired) electrons. The van der Waals surface area contributed by atoms with Gasteiger partial charge in [-0.05, 0) is 31.0 Å². The molecule has 0 saturated carbocycles. The molecule has 0 unspecified atom stereocenters. The van der Waals surface area contributed by atoms with E-state index in [9.17, 15) is 9.90 Å². The van der Waals surface area contributed by atoms with Gasteiger partial charge >= 0.3 is 5.97 Å². The van der Waals surface area contributed by atoms with Crippen molar-refractivity contribution in [2.75, 3.05) is 18.0 Å². The molecule has 1 saturated heterocycles. The van der Waals surface area contributed by atoms with Crippen LogP contribution in [0.1, 0.15) is 23.2 Å².